The van der Waals surface area contributed by atoms with E-state index in [1.165, 1.54) is 0 Å². The third-order valence-electron chi connectivity index (χ3n) is 1.59. The fourth-order valence-electron chi connectivity index (χ4n) is 0.980. The Bertz CT molecular complexity index is 286. The molecule has 0 amide bonds. The zero-order chi connectivity index (χ0) is 9.14. The number of hydrogen-bond acceptors (Lipinski definition) is 2. The molecule has 0 atom stereocenters. The van der Waals surface area contributed by atoms with Crippen molar-refractivity contribution in [3.8, 4) is 5.75 Å². The molecule has 0 fully saturated rings. The van der Waals surface area contributed by atoms with E-state index >= 15 is 0 Å². The van der Waals surface area contributed by atoms with Crippen molar-refractivity contribution >= 4 is 21.6 Å². The van der Waals surface area contributed by atoms with Gasteiger partial charge in [-0.1, -0.05) is 0 Å². The van der Waals surface area contributed by atoms with Crippen LogP contribution in [0.1, 0.15) is 12.5 Å². The van der Waals surface area contributed by atoms with Crippen LogP contribution in [0.25, 0.3) is 0 Å². The highest BCUT2D eigenvalue weighted by atomic mass is 79.9. The van der Waals surface area contributed by atoms with Crippen LogP contribution in [0, 0.1) is 6.92 Å². The van der Waals surface area contributed by atoms with Gasteiger partial charge in [0, 0.05) is 16.2 Å². The van der Waals surface area contributed by atoms with Crippen molar-refractivity contribution in [2.45, 2.75) is 13.8 Å². The number of ether oxygens (including phenoxy) is 1. The Labute approximate surface area is 80.8 Å². The smallest absolute Gasteiger partial charge is 0.124 e. The standard InChI is InChI=1S/C9H12BrNO/c1-3-12-9-5-8(11)7(10)4-6(9)2/h4-5H,3,11H2,1-2H3. The normalized spacial score (nSPS) is 9.92. The number of aryl methyl sites for hydroxylation is 1. The lowest BCUT2D eigenvalue weighted by Gasteiger charge is -2.08. The van der Waals surface area contributed by atoms with Crippen molar-refractivity contribution in [3.63, 3.8) is 0 Å². The van der Waals surface area contributed by atoms with Gasteiger partial charge >= 0.3 is 0 Å². The Morgan fingerprint density at radius 2 is 2.17 bits per heavy atom. The molecule has 0 spiro atoms. The number of halogens is 1. The van der Waals surface area contributed by atoms with Gasteiger partial charge in [-0.3, -0.25) is 0 Å². The topological polar surface area (TPSA) is 35.2 Å². The molecule has 1 aromatic rings. The molecule has 0 bridgehead atoms. The molecule has 0 saturated heterocycles. The van der Waals surface area contributed by atoms with Gasteiger partial charge in [0.1, 0.15) is 5.75 Å². The summed E-state index contributed by atoms with van der Waals surface area (Å²) in [5, 5.41) is 0. The maximum atomic E-state index is 5.69. The maximum Gasteiger partial charge on any atom is 0.124 e. The molecule has 1 aromatic carbocycles. The molecule has 0 aliphatic rings. The van der Waals surface area contributed by atoms with E-state index in [-0.39, 0.29) is 0 Å². The van der Waals surface area contributed by atoms with Crippen LogP contribution in [-0.2, 0) is 0 Å². The third kappa shape index (κ3) is 1.91. The molecule has 0 saturated carbocycles. The summed E-state index contributed by atoms with van der Waals surface area (Å²) in [6, 6.07) is 3.79. The minimum atomic E-state index is 0.669. The summed E-state index contributed by atoms with van der Waals surface area (Å²) in [7, 11) is 0. The number of hydrogen-bond donors (Lipinski definition) is 1. The first-order valence-electron chi connectivity index (χ1n) is 3.83. The molecule has 1 rings (SSSR count). The fraction of sp³-hybridized carbons (Fsp3) is 0.333. The van der Waals surface area contributed by atoms with E-state index in [2.05, 4.69) is 15.9 Å². The van der Waals surface area contributed by atoms with E-state index in [9.17, 15) is 0 Å². The van der Waals surface area contributed by atoms with Crippen LogP contribution < -0.4 is 10.5 Å². The fourth-order valence-corrected chi connectivity index (χ4v) is 1.44. The summed E-state index contributed by atoms with van der Waals surface area (Å²) < 4.78 is 6.29. The zero-order valence-corrected chi connectivity index (χ0v) is 8.81. The average Bonchev–Trinajstić information content (AvgIpc) is 2.01. The van der Waals surface area contributed by atoms with Crippen molar-refractivity contribution < 1.29 is 4.74 Å². The van der Waals surface area contributed by atoms with Gasteiger partial charge in [0.25, 0.3) is 0 Å². The number of nitrogen functional groups attached to an aromatic ring is 1. The summed E-state index contributed by atoms with van der Waals surface area (Å²) in [5.41, 5.74) is 7.50. The molecule has 0 unspecified atom stereocenters. The highest BCUT2D eigenvalue weighted by Crippen LogP contribution is 2.28. The van der Waals surface area contributed by atoms with Crippen molar-refractivity contribution in [2.75, 3.05) is 12.3 Å². The molecule has 0 aromatic heterocycles. The number of nitrogens with two attached hydrogens (primary N) is 1. The Morgan fingerprint density at radius 1 is 1.50 bits per heavy atom. The number of rotatable bonds is 2. The van der Waals surface area contributed by atoms with Gasteiger partial charge in [0.05, 0.1) is 6.61 Å². The van der Waals surface area contributed by atoms with Crippen LogP contribution in [0.2, 0.25) is 0 Å². The van der Waals surface area contributed by atoms with Crippen LogP contribution in [-0.4, -0.2) is 6.61 Å². The quantitative estimate of drug-likeness (QED) is 0.793. The molecule has 12 heavy (non-hydrogen) atoms. The Morgan fingerprint density at radius 3 is 2.75 bits per heavy atom. The lowest BCUT2D eigenvalue weighted by Crippen LogP contribution is -1.96. The van der Waals surface area contributed by atoms with E-state index in [4.69, 9.17) is 10.5 Å². The lowest BCUT2D eigenvalue weighted by molar-refractivity contribution is 0.338. The summed E-state index contributed by atoms with van der Waals surface area (Å²) >= 11 is 3.35. The van der Waals surface area contributed by atoms with Gasteiger partial charge < -0.3 is 10.5 Å². The van der Waals surface area contributed by atoms with Crippen LogP contribution >= 0.6 is 15.9 Å². The Balaban J connectivity index is 3.05. The van der Waals surface area contributed by atoms with E-state index in [0.717, 1.165) is 15.8 Å². The van der Waals surface area contributed by atoms with E-state index < -0.39 is 0 Å². The van der Waals surface area contributed by atoms with Crippen molar-refractivity contribution in [2.24, 2.45) is 0 Å². The third-order valence-corrected chi connectivity index (χ3v) is 2.28. The predicted molar refractivity (Wildman–Crippen MR) is 54.5 cm³/mol. The minimum absolute atomic E-state index is 0.669. The van der Waals surface area contributed by atoms with Gasteiger partial charge in [-0.15, -0.1) is 0 Å². The highest BCUT2D eigenvalue weighted by molar-refractivity contribution is 9.10. The summed E-state index contributed by atoms with van der Waals surface area (Å²) in [6.07, 6.45) is 0. The number of anilines is 1. The molecular formula is C9H12BrNO. The Hall–Kier alpha value is -0.700. The second-order valence-corrected chi connectivity index (χ2v) is 3.43. The SMILES string of the molecule is CCOc1cc(N)c(Br)cc1C. The lowest BCUT2D eigenvalue weighted by atomic mass is 10.2. The van der Waals surface area contributed by atoms with Crippen molar-refractivity contribution in [1.29, 1.82) is 0 Å². The van der Waals surface area contributed by atoms with E-state index in [0.29, 0.717) is 12.3 Å². The summed E-state index contributed by atoms with van der Waals surface area (Å²) in [6.45, 7) is 4.62. The second-order valence-electron chi connectivity index (χ2n) is 2.57. The largest absolute Gasteiger partial charge is 0.494 e. The Kier molecular flexibility index (Phi) is 2.98. The minimum Gasteiger partial charge on any atom is -0.494 e. The van der Waals surface area contributed by atoms with Crippen molar-refractivity contribution in [3.05, 3.63) is 22.2 Å². The van der Waals surface area contributed by atoms with Crippen LogP contribution in [0.5, 0.6) is 5.75 Å². The maximum absolute atomic E-state index is 5.69. The molecule has 0 aliphatic carbocycles. The van der Waals surface area contributed by atoms with Gasteiger partial charge in [-0.05, 0) is 41.4 Å². The van der Waals surface area contributed by atoms with Crippen LogP contribution in [0.4, 0.5) is 5.69 Å². The predicted octanol–water partition coefficient (Wildman–Crippen LogP) is 2.74. The molecule has 66 valence electrons. The van der Waals surface area contributed by atoms with Gasteiger partial charge in [0.15, 0.2) is 0 Å². The first kappa shape index (κ1) is 9.39. The van der Waals surface area contributed by atoms with E-state index in [1.54, 1.807) is 0 Å². The summed E-state index contributed by atoms with van der Waals surface area (Å²) in [4.78, 5) is 0. The van der Waals surface area contributed by atoms with Crippen molar-refractivity contribution in [1.82, 2.24) is 0 Å². The first-order chi connectivity index (χ1) is 5.65. The highest BCUT2D eigenvalue weighted by Gasteiger charge is 2.02. The number of benzene rings is 1. The first-order valence-corrected chi connectivity index (χ1v) is 4.63. The summed E-state index contributed by atoms with van der Waals surface area (Å²) in [5.74, 6) is 0.859. The van der Waals surface area contributed by atoms with Gasteiger partial charge in [-0.2, -0.15) is 0 Å². The van der Waals surface area contributed by atoms with Gasteiger partial charge in [0.2, 0.25) is 0 Å². The monoisotopic (exact) mass is 229 g/mol. The molecule has 0 radical (unpaired) electrons. The average molecular weight is 230 g/mol. The van der Waals surface area contributed by atoms with Gasteiger partial charge in [-0.25, -0.2) is 0 Å². The molecular weight excluding hydrogens is 218 g/mol. The van der Waals surface area contributed by atoms with Crippen LogP contribution in [0.3, 0.4) is 0 Å². The second kappa shape index (κ2) is 3.81. The molecule has 3 heteroatoms. The molecule has 0 aliphatic heterocycles. The van der Waals surface area contributed by atoms with E-state index in [1.807, 2.05) is 26.0 Å². The molecule has 2 N–H and O–H groups in total. The molecule has 2 nitrogen and oxygen atoms in total. The zero-order valence-electron chi connectivity index (χ0n) is 7.23. The molecule has 0 heterocycles. The van der Waals surface area contributed by atoms with Crippen LogP contribution in [0.15, 0.2) is 16.6 Å².